The minimum atomic E-state index is -0.993. The summed E-state index contributed by atoms with van der Waals surface area (Å²) in [5, 5.41) is 14.4. The molecule has 0 aromatic carbocycles. The number of amides is 2. The summed E-state index contributed by atoms with van der Waals surface area (Å²) < 4.78 is 0. The summed E-state index contributed by atoms with van der Waals surface area (Å²) in [5.41, 5.74) is 0. The van der Waals surface area contributed by atoms with E-state index in [0.29, 0.717) is 11.8 Å². The monoisotopic (exact) mass is 256 g/mol. The molecule has 5 nitrogen and oxygen atoms in total. The third kappa shape index (κ3) is 3.62. The Morgan fingerprint density at radius 1 is 1.22 bits per heavy atom. The van der Waals surface area contributed by atoms with Crippen molar-refractivity contribution < 1.29 is 14.7 Å². The van der Waals surface area contributed by atoms with Crippen molar-refractivity contribution in [3.8, 4) is 0 Å². The zero-order valence-electron chi connectivity index (χ0n) is 11.6. The molecule has 2 amide bonds. The van der Waals surface area contributed by atoms with Crippen LogP contribution in [0.2, 0.25) is 0 Å². The van der Waals surface area contributed by atoms with E-state index < -0.39 is 12.0 Å². The van der Waals surface area contributed by atoms with E-state index in [2.05, 4.69) is 24.5 Å². The molecule has 0 bridgehead atoms. The second kappa shape index (κ2) is 6.07. The largest absolute Gasteiger partial charge is 0.480 e. The smallest absolute Gasteiger partial charge is 0.326 e. The molecule has 0 heterocycles. The highest BCUT2D eigenvalue weighted by atomic mass is 16.4. The highest BCUT2D eigenvalue weighted by molar-refractivity contribution is 5.82. The first-order chi connectivity index (χ1) is 8.32. The molecule has 0 spiro atoms. The van der Waals surface area contributed by atoms with Crippen molar-refractivity contribution in [1.82, 2.24) is 10.6 Å². The first-order valence-corrected chi connectivity index (χ1v) is 6.62. The molecule has 3 N–H and O–H groups in total. The molecular weight excluding hydrogens is 232 g/mol. The molecule has 104 valence electrons. The van der Waals surface area contributed by atoms with Crippen molar-refractivity contribution in [3.63, 3.8) is 0 Å². The molecule has 1 fully saturated rings. The van der Waals surface area contributed by atoms with Crippen LogP contribution in [-0.2, 0) is 4.79 Å². The van der Waals surface area contributed by atoms with Gasteiger partial charge in [-0.05, 0) is 30.6 Å². The van der Waals surface area contributed by atoms with Crippen LogP contribution < -0.4 is 10.6 Å². The normalized spacial score (nSPS) is 29.1. The topological polar surface area (TPSA) is 78.4 Å². The molecule has 0 aliphatic heterocycles. The quantitative estimate of drug-likeness (QED) is 0.718. The van der Waals surface area contributed by atoms with Gasteiger partial charge in [0.05, 0.1) is 0 Å². The third-order valence-corrected chi connectivity index (χ3v) is 4.00. The van der Waals surface area contributed by atoms with Gasteiger partial charge in [0.25, 0.3) is 0 Å². The maximum atomic E-state index is 11.8. The summed E-state index contributed by atoms with van der Waals surface area (Å²) in [6, 6.07) is -1.05. The van der Waals surface area contributed by atoms with Gasteiger partial charge in [-0.2, -0.15) is 0 Å². The van der Waals surface area contributed by atoms with Crippen LogP contribution in [0.4, 0.5) is 4.79 Å². The van der Waals surface area contributed by atoms with Crippen LogP contribution in [0, 0.1) is 17.8 Å². The van der Waals surface area contributed by atoms with E-state index in [0.717, 1.165) is 12.8 Å². The second-order valence-electron chi connectivity index (χ2n) is 5.70. The zero-order chi connectivity index (χ0) is 13.9. The van der Waals surface area contributed by atoms with Gasteiger partial charge in [0, 0.05) is 6.04 Å². The van der Waals surface area contributed by atoms with Crippen molar-refractivity contribution >= 4 is 12.0 Å². The van der Waals surface area contributed by atoms with Crippen LogP contribution in [0.25, 0.3) is 0 Å². The Balaban J connectivity index is 2.48. The van der Waals surface area contributed by atoms with Gasteiger partial charge in [0.2, 0.25) is 0 Å². The molecular formula is C13H24N2O3. The number of aliphatic carboxylic acids is 1. The standard InChI is InChI=1S/C13H24N2O3/c1-7(2)11(12(16)17)15-13(18)14-10-6-5-8(3)9(10)4/h7-11H,5-6H2,1-4H3,(H,16,17)(H2,14,15,18)/t8?,9?,10?,11-/m1/s1. The maximum absolute atomic E-state index is 11.8. The van der Waals surface area contributed by atoms with Crippen molar-refractivity contribution in [3.05, 3.63) is 0 Å². The molecule has 1 aliphatic rings. The van der Waals surface area contributed by atoms with E-state index in [1.54, 1.807) is 13.8 Å². The number of nitrogens with one attached hydrogen (secondary N) is 2. The number of rotatable bonds is 4. The molecule has 3 unspecified atom stereocenters. The molecule has 1 rings (SSSR count). The first kappa shape index (κ1) is 14.8. The van der Waals surface area contributed by atoms with Gasteiger partial charge < -0.3 is 15.7 Å². The summed E-state index contributed by atoms with van der Waals surface area (Å²) in [5.74, 6) is -0.0742. The maximum Gasteiger partial charge on any atom is 0.326 e. The van der Waals surface area contributed by atoms with Crippen LogP contribution in [0.3, 0.4) is 0 Å². The molecule has 0 radical (unpaired) electrons. The Labute approximate surface area is 108 Å². The van der Waals surface area contributed by atoms with Crippen LogP contribution in [0.15, 0.2) is 0 Å². The lowest BCUT2D eigenvalue weighted by Crippen LogP contribution is -2.51. The first-order valence-electron chi connectivity index (χ1n) is 6.62. The Kier molecular flexibility index (Phi) is 4.99. The molecule has 0 aromatic rings. The Morgan fingerprint density at radius 3 is 2.22 bits per heavy atom. The van der Waals surface area contributed by atoms with E-state index in [9.17, 15) is 9.59 Å². The van der Waals surface area contributed by atoms with Crippen molar-refractivity contribution in [2.45, 2.75) is 52.6 Å². The van der Waals surface area contributed by atoms with E-state index in [4.69, 9.17) is 5.11 Å². The van der Waals surface area contributed by atoms with Gasteiger partial charge >= 0.3 is 12.0 Å². The summed E-state index contributed by atoms with van der Waals surface area (Å²) >= 11 is 0. The summed E-state index contributed by atoms with van der Waals surface area (Å²) in [6.07, 6.45) is 2.08. The van der Waals surface area contributed by atoms with Gasteiger partial charge in [-0.1, -0.05) is 27.7 Å². The van der Waals surface area contributed by atoms with Gasteiger partial charge in [-0.15, -0.1) is 0 Å². The number of carboxylic acid groups (broad SMARTS) is 1. The SMILES string of the molecule is CC1CCC(NC(=O)N[C@@H](C(=O)O)C(C)C)C1C. The Bertz CT molecular complexity index is 317. The van der Waals surface area contributed by atoms with E-state index in [1.165, 1.54) is 0 Å². The lowest BCUT2D eigenvalue weighted by Gasteiger charge is -2.23. The van der Waals surface area contributed by atoms with Crippen LogP contribution in [0.5, 0.6) is 0 Å². The minimum absolute atomic E-state index is 0.131. The van der Waals surface area contributed by atoms with Crippen LogP contribution in [0.1, 0.15) is 40.5 Å². The molecule has 5 heteroatoms. The highest BCUT2D eigenvalue weighted by Gasteiger charge is 2.32. The predicted molar refractivity (Wildman–Crippen MR) is 69.3 cm³/mol. The number of urea groups is 1. The molecule has 18 heavy (non-hydrogen) atoms. The number of carboxylic acids is 1. The molecule has 0 saturated heterocycles. The number of carbonyl (C=O) groups is 2. The summed E-state index contributed by atoms with van der Waals surface area (Å²) in [7, 11) is 0. The number of hydrogen-bond acceptors (Lipinski definition) is 2. The Morgan fingerprint density at radius 2 is 1.83 bits per heavy atom. The van der Waals surface area contributed by atoms with E-state index in [-0.39, 0.29) is 18.0 Å². The predicted octanol–water partition coefficient (Wildman–Crippen LogP) is 1.83. The molecule has 0 aromatic heterocycles. The van der Waals surface area contributed by atoms with Crippen molar-refractivity contribution in [2.24, 2.45) is 17.8 Å². The van der Waals surface area contributed by atoms with Gasteiger partial charge in [0.1, 0.15) is 6.04 Å². The lowest BCUT2D eigenvalue weighted by atomic mass is 9.98. The second-order valence-corrected chi connectivity index (χ2v) is 5.70. The molecule has 4 atom stereocenters. The lowest BCUT2D eigenvalue weighted by molar-refractivity contribution is -0.140. The fourth-order valence-electron chi connectivity index (χ4n) is 2.43. The fourth-order valence-corrected chi connectivity index (χ4v) is 2.43. The fraction of sp³-hybridized carbons (Fsp3) is 0.846. The highest BCUT2D eigenvalue weighted by Crippen LogP contribution is 2.30. The number of carbonyl (C=O) groups excluding carboxylic acids is 1. The average Bonchev–Trinajstić information content (AvgIpc) is 2.57. The van der Waals surface area contributed by atoms with E-state index in [1.807, 2.05) is 0 Å². The van der Waals surface area contributed by atoms with Gasteiger partial charge in [0.15, 0.2) is 0 Å². The van der Waals surface area contributed by atoms with Crippen LogP contribution in [-0.4, -0.2) is 29.2 Å². The van der Waals surface area contributed by atoms with Crippen LogP contribution >= 0.6 is 0 Å². The number of hydrogen-bond donors (Lipinski definition) is 3. The molecule has 1 saturated carbocycles. The van der Waals surface area contributed by atoms with Crippen molar-refractivity contribution in [1.29, 1.82) is 0 Å². The zero-order valence-corrected chi connectivity index (χ0v) is 11.6. The van der Waals surface area contributed by atoms with E-state index >= 15 is 0 Å². The van der Waals surface area contributed by atoms with Gasteiger partial charge in [-0.3, -0.25) is 0 Å². The summed E-state index contributed by atoms with van der Waals surface area (Å²) in [6.45, 7) is 7.86. The van der Waals surface area contributed by atoms with Crippen molar-refractivity contribution in [2.75, 3.05) is 0 Å². The third-order valence-electron chi connectivity index (χ3n) is 4.00. The van der Waals surface area contributed by atoms with Gasteiger partial charge in [-0.25, -0.2) is 9.59 Å². The minimum Gasteiger partial charge on any atom is -0.480 e. The molecule has 1 aliphatic carbocycles. The Hall–Kier alpha value is -1.26. The summed E-state index contributed by atoms with van der Waals surface area (Å²) in [4.78, 5) is 22.8. The average molecular weight is 256 g/mol.